The quantitative estimate of drug-likeness (QED) is 0.290. The van der Waals surface area contributed by atoms with Crippen molar-refractivity contribution in [3.8, 4) is 0 Å². The molecular formula is C14H24O4. The molecule has 0 radical (unpaired) electrons. The molecule has 104 valence electrons. The van der Waals surface area contributed by atoms with Crippen LogP contribution >= 0.6 is 0 Å². The van der Waals surface area contributed by atoms with Crippen molar-refractivity contribution in [2.75, 3.05) is 13.2 Å². The van der Waals surface area contributed by atoms with Crippen LogP contribution in [-0.2, 0) is 19.1 Å². The van der Waals surface area contributed by atoms with Gasteiger partial charge in [-0.25, -0.2) is 9.59 Å². The van der Waals surface area contributed by atoms with E-state index in [1.807, 2.05) is 27.7 Å². The van der Waals surface area contributed by atoms with Crippen LogP contribution in [0.1, 0.15) is 40.5 Å². The van der Waals surface area contributed by atoms with Gasteiger partial charge in [0.2, 0.25) is 0 Å². The molecule has 0 rings (SSSR count). The third-order valence-electron chi connectivity index (χ3n) is 2.88. The van der Waals surface area contributed by atoms with Gasteiger partial charge in [-0.15, -0.1) is 0 Å². The number of carbonyl (C=O) groups is 2. The number of esters is 2. The van der Waals surface area contributed by atoms with E-state index in [1.165, 1.54) is 0 Å². The number of ether oxygens (including phenoxy) is 2. The molecule has 0 heterocycles. The Balaban J connectivity index is 4.05. The van der Waals surface area contributed by atoms with E-state index in [1.54, 1.807) is 0 Å². The van der Waals surface area contributed by atoms with Gasteiger partial charge >= 0.3 is 11.9 Å². The van der Waals surface area contributed by atoms with Crippen LogP contribution in [0, 0.1) is 11.8 Å². The average molecular weight is 256 g/mol. The van der Waals surface area contributed by atoms with E-state index in [4.69, 9.17) is 9.47 Å². The molecule has 0 bridgehead atoms. The van der Waals surface area contributed by atoms with Gasteiger partial charge in [-0.05, 0) is 11.8 Å². The van der Waals surface area contributed by atoms with Gasteiger partial charge in [0.25, 0.3) is 0 Å². The van der Waals surface area contributed by atoms with E-state index in [0.29, 0.717) is 13.2 Å². The summed E-state index contributed by atoms with van der Waals surface area (Å²) in [5.74, 6) is -0.829. The fourth-order valence-electron chi connectivity index (χ4n) is 0.929. The molecule has 0 spiro atoms. The highest BCUT2D eigenvalue weighted by molar-refractivity contribution is 6.13. The number of carbonyl (C=O) groups excluding carboxylic acids is 2. The molecule has 2 atom stereocenters. The zero-order valence-electron chi connectivity index (χ0n) is 11.8. The third kappa shape index (κ3) is 6.42. The number of hydrogen-bond acceptors (Lipinski definition) is 4. The standard InChI is InChI=1S/C14H24O4/c1-6-10(3)8-17-13(15)12(5)14(16)18-9-11(4)7-2/h10-11H,5-9H2,1-4H3. The molecule has 4 nitrogen and oxygen atoms in total. The largest absolute Gasteiger partial charge is 0.462 e. The lowest BCUT2D eigenvalue weighted by Gasteiger charge is -2.12. The monoisotopic (exact) mass is 256 g/mol. The molecule has 2 unspecified atom stereocenters. The first kappa shape index (κ1) is 16.7. The molecule has 0 aromatic carbocycles. The van der Waals surface area contributed by atoms with E-state index in [0.717, 1.165) is 12.8 Å². The van der Waals surface area contributed by atoms with Crippen molar-refractivity contribution in [2.24, 2.45) is 11.8 Å². The Labute approximate surface area is 109 Å². The van der Waals surface area contributed by atoms with Crippen molar-refractivity contribution in [2.45, 2.75) is 40.5 Å². The van der Waals surface area contributed by atoms with Gasteiger partial charge in [-0.3, -0.25) is 0 Å². The summed E-state index contributed by atoms with van der Waals surface area (Å²) in [6.07, 6.45) is 1.83. The molecule has 4 heteroatoms. The summed E-state index contributed by atoms with van der Waals surface area (Å²) < 4.78 is 9.94. The maximum absolute atomic E-state index is 11.5. The van der Waals surface area contributed by atoms with Crippen LogP contribution in [0.5, 0.6) is 0 Å². The Morgan fingerprint density at radius 2 is 1.28 bits per heavy atom. The molecule has 0 amide bonds. The molecular weight excluding hydrogens is 232 g/mol. The lowest BCUT2D eigenvalue weighted by molar-refractivity contribution is -0.148. The second-order valence-corrected chi connectivity index (χ2v) is 4.70. The van der Waals surface area contributed by atoms with Gasteiger partial charge < -0.3 is 9.47 Å². The highest BCUT2D eigenvalue weighted by Gasteiger charge is 2.19. The van der Waals surface area contributed by atoms with Gasteiger partial charge in [-0.1, -0.05) is 47.1 Å². The summed E-state index contributed by atoms with van der Waals surface area (Å²) in [5, 5.41) is 0. The van der Waals surface area contributed by atoms with Crippen molar-refractivity contribution in [1.82, 2.24) is 0 Å². The zero-order valence-corrected chi connectivity index (χ0v) is 11.8. The van der Waals surface area contributed by atoms with E-state index in [-0.39, 0.29) is 17.4 Å². The van der Waals surface area contributed by atoms with Gasteiger partial charge in [0.15, 0.2) is 0 Å². The second-order valence-electron chi connectivity index (χ2n) is 4.70. The van der Waals surface area contributed by atoms with Crippen LogP contribution in [0.2, 0.25) is 0 Å². The predicted molar refractivity (Wildman–Crippen MR) is 70.0 cm³/mol. The SMILES string of the molecule is C=C(C(=O)OCC(C)CC)C(=O)OCC(C)CC. The Hall–Kier alpha value is -1.32. The topological polar surface area (TPSA) is 52.6 Å². The van der Waals surface area contributed by atoms with Crippen LogP contribution in [0.25, 0.3) is 0 Å². The van der Waals surface area contributed by atoms with Gasteiger partial charge in [0.05, 0.1) is 13.2 Å². The van der Waals surface area contributed by atoms with Crippen LogP contribution in [-0.4, -0.2) is 25.2 Å². The molecule has 0 aliphatic heterocycles. The molecule has 18 heavy (non-hydrogen) atoms. The molecule has 0 saturated carbocycles. The number of rotatable bonds is 8. The Morgan fingerprint density at radius 3 is 1.56 bits per heavy atom. The minimum absolute atomic E-state index is 0.235. The van der Waals surface area contributed by atoms with E-state index >= 15 is 0 Å². The first-order valence-electron chi connectivity index (χ1n) is 6.45. The van der Waals surface area contributed by atoms with E-state index in [2.05, 4.69) is 6.58 Å². The minimum atomic E-state index is -0.690. The Kier molecular flexibility index (Phi) is 8.08. The van der Waals surface area contributed by atoms with Crippen LogP contribution < -0.4 is 0 Å². The molecule has 0 saturated heterocycles. The number of hydrogen-bond donors (Lipinski definition) is 0. The molecule has 0 aliphatic carbocycles. The third-order valence-corrected chi connectivity index (χ3v) is 2.88. The van der Waals surface area contributed by atoms with Crippen LogP contribution in [0.15, 0.2) is 12.2 Å². The van der Waals surface area contributed by atoms with Gasteiger partial charge in [-0.2, -0.15) is 0 Å². The first-order chi connectivity index (χ1) is 8.42. The van der Waals surface area contributed by atoms with Crippen molar-refractivity contribution < 1.29 is 19.1 Å². The fourth-order valence-corrected chi connectivity index (χ4v) is 0.929. The summed E-state index contributed by atoms with van der Waals surface area (Å²) in [5.41, 5.74) is -0.235. The first-order valence-corrected chi connectivity index (χ1v) is 6.45. The van der Waals surface area contributed by atoms with E-state index < -0.39 is 11.9 Å². The highest BCUT2D eigenvalue weighted by Crippen LogP contribution is 2.07. The molecule has 0 aromatic rings. The minimum Gasteiger partial charge on any atom is -0.462 e. The maximum Gasteiger partial charge on any atom is 0.344 e. The summed E-state index contributed by atoms with van der Waals surface area (Å²) in [6, 6.07) is 0. The molecule has 0 aromatic heterocycles. The van der Waals surface area contributed by atoms with Gasteiger partial charge in [0.1, 0.15) is 5.57 Å². The van der Waals surface area contributed by atoms with Crippen molar-refractivity contribution in [3.63, 3.8) is 0 Å². The molecule has 0 fully saturated rings. The zero-order chi connectivity index (χ0) is 14.1. The fraction of sp³-hybridized carbons (Fsp3) is 0.714. The van der Waals surface area contributed by atoms with Crippen molar-refractivity contribution in [3.05, 3.63) is 12.2 Å². The van der Waals surface area contributed by atoms with Crippen LogP contribution in [0.4, 0.5) is 0 Å². The lowest BCUT2D eigenvalue weighted by Crippen LogP contribution is -2.21. The van der Waals surface area contributed by atoms with Gasteiger partial charge in [0, 0.05) is 0 Å². The smallest absolute Gasteiger partial charge is 0.344 e. The Morgan fingerprint density at radius 1 is 0.944 bits per heavy atom. The average Bonchev–Trinajstić information content (AvgIpc) is 2.39. The van der Waals surface area contributed by atoms with Crippen molar-refractivity contribution in [1.29, 1.82) is 0 Å². The summed E-state index contributed by atoms with van der Waals surface area (Å²) in [4.78, 5) is 23.0. The predicted octanol–water partition coefficient (Wildman–Crippen LogP) is 2.72. The second kappa shape index (κ2) is 8.72. The van der Waals surface area contributed by atoms with Crippen LogP contribution in [0.3, 0.4) is 0 Å². The normalized spacial score (nSPS) is 13.6. The lowest BCUT2D eigenvalue weighted by atomic mass is 10.1. The molecule has 0 N–H and O–H groups in total. The summed E-state index contributed by atoms with van der Waals surface area (Å²) in [6.45, 7) is 12.0. The molecule has 0 aliphatic rings. The maximum atomic E-state index is 11.5. The van der Waals surface area contributed by atoms with E-state index in [9.17, 15) is 9.59 Å². The highest BCUT2D eigenvalue weighted by atomic mass is 16.6. The summed E-state index contributed by atoms with van der Waals surface area (Å²) in [7, 11) is 0. The summed E-state index contributed by atoms with van der Waals surface area (Å²) >= 11 is 0. The van der Waals surface area contributed by atoms with Crippen molar-refractivity contribution >= 4 is 11.9 Å². The Bertz CT molecular complexity index is 268.